The average Bonchev–Trinajstić information content (AvgIpc) is 2.26. The van der Waals surface area contributed by atoms with Crippen LogP contribution in [-0.2, 0) is 0 Å². The highest BCUT2D eigenvalue weighted by atomic mass is 16.6. The van der Waals surface area contributed by atoms with Gasteiger partial charge >= 0.3 is 5.82 Å². The van der Waals surface area contributed by atoms with E-state index >= 15 is 0 Å². The predicted molar refractivity (Wildman–Crippen MR) is 53.4 cm³/mol. The van der Waals surface area contributed by atoms with Crippen LogP contribution >= 0.6 is 0 Å². The first kappa shape index (κ1) is 11.3. The highest BCUT2D eigenvalue weighted by Crippen LogP contribution is 2.21. The topological polar surface area (TPSA) is 125 Å². The number of nitro groups is 1. The molecular weight excluding hydrogens is 214 g/mol. The SMILES string of the molecule is [N-]=[N+]=NCC#Cc1ccc(O)c([N+](=O)[O-])n1. The third-order valence-electron chi connectivity index (χ3n) is 1.46. The molecule has 0 amide bonds. The van der Waals surface area contributed by atoms with Crippen LogP contribution < -0.4 is 0 Å². The van der Waals surface area contributed by atoms with Gasteiger partial charge in [-0.2, -0.15) is 0 Å². The molecule has 1 heterocycles. The fourth-order valence-corrected chi connectivity index (χ4v) is 0.842. The lowest BCUT2D eigenvalue weighted by Gasteiger charge is -1.94. The highest BCUT2D eigenvalue weighted by Gasteiger charge is 2.15. The number of aromatic hydroxyl groups is 1. The molecule has 0 radical (unpaired) electrons. The number of pyridine rings is 1. The van der Waals surface area contributed by atoms with Crippen LogP contribution in [0.3, 0.4) is 0 Å². The minimum atomic E-state index is -0.812. The second kappa shape index (κ2) is 5.19. The zero-order valence-corrected chi connectivity index (χ0v) is 7.86. The summed E-state index contributed by atoms with van der Waals surface area (Å²) in [7, 11) is 0. The van der Waals surface area contributed by atoms with Crippen molar-refractivity contribution in [2.45, 2.75) is 0 Å². The van der Waals surface area contributed by atoms with Gasteiger partial charge in [-0.05, 0) is 27.4 Å². The molecule has 0 fully saturated rings. The van der Waals surface area contributed by atoms with Gasteiger partial charge in [-0.1, -0.05) is 11.0 Å². The fraction of sp³-hybridized carbons (Fsp3) is 0.125. The van der Waals surface area contributed by atoms with Gasteiger partial charge in [0, 0.05) is 11.0 Å². The van der Waals surface area contributed by atoms with Gasteiger partial charge < -0.3 is 15.2 Å². The van der Waals surface area contributed by atoms with Gasteiger partial charge in [-0.3, -0.25) is 0 Å². The van der Waals surface area contributed by atoms with E-state index in [-0.39, 0.29) is 12.2 Å². The summed E-state index contributed by atoms with van der Waals surface area (Å²) in [5.74, 6) is 3.73. The number of nitrogens with zero attached hydrogens (tertiary/aromatic N) is 5. The molecule has 1 N–H and O–H groups in total. The maximum atomic E-state index is 10.4. The van der Waals surface area contributed by atoms with Gasteiger partial charge in [-0.15, -0.1) is 0 Å². The molecular formula is C8H5N5O3. The minimum Gasteiger partial charge on any atom is -0.501 e. The van der Waals surface area contributed by atoms with Crippen LogP contribution in [0.25, 0.3) is 10.4 Å². The monoisotopic (exact) mass is 219 g/mol. The molecule has 1 aromatic rings. The van der Waals surface area contributed by atoms with E-state index in [1.807, 2.05) is 0 Å². The Morgan fingerprint density at radius 3 is 3.06 bits per heavy atom. The Morgan fingerprint density at radius 2 is 2.44 bits per heavy atom. The molecule has 0 unspecified atom stereocenters. The molecule has 1 aromatic heterocycles. The maximum absolute atomic E-state index is 10.4. The Bertz CT molecular complexity index is 524. The van der Waals surface area contributed by atoms with E-state index in [2.05, 4.69) is 26.9 Å². The van der Waals surface area contributed by atoms with Gasteiger partial charge in [0.05, 0.1) is 6.54 Å². The Morgan fingerprint density at radius 1 is 1.69 bits per heavy atom. The summed E-state index contributed by atoms with van der Waals surface area (Å²) in [5.41, 5.74) is 8.09. The van der Waals surface area contributed by atoms with Crippen LogP contribution in [0.4, 0.5) is 5.82 Å². The summed E-state index contributed by atoms with van der Waals surface area (Å²) in [6, 6.07) is 2.45. The number of azide groups is 1. The highest BCUT2D eigenvalue weighted by molar-refractivity contribution is 5.43. The maximum Gasteiger partial charge on any atom is 0.407 e. The molecule has 8 heteroatoms. The molecule has 80 valence electrons. The van der Waals surface area contributed by atoms with Crippen molar-refractivity contribution in [2.24, 2.45) is 5.11 Å². The van der Waals surface area contributed by atoms with E-state index in [9.17, 15) is 10.1 Å². The second-order valence-corrected chi connectivity index (χ2v) is 2.49. The summed E-state index contributed by atoms with van der Waals surface area (Å²) in [5, 5.41) is 22.7. The van der Waals surface area contributed by atoms with Gasteiger partial charge in [-0.25, -0.2) is 0 Å². The molecule has 1 rings (SSSR count). The first-order valence-corrected chi connectivity index (χ1v) is 3.99. The Labute approximate surface area is 89.3 Å². The van der Waals surface area contributed by atoms with Crippen LogP contribution in [0.5, 0.6) is 5.75 Å². The van der Waals surface area contributed by atoms with Crippen molar-refractivity contribution in [2.75, 3.05) is 6.54 Å². The summed E-state index contributed by atoms with van der Waals surface area (Å²) in [6.45, 7) is -0.0488. The van der Waals surface area contributed by atoms with Crippen molar-refractivity contribution >= 4 is 5.82 Å². The lowest BCUT2D eigenvalue weighted by molar-refractivity contribution is -0.390. The molecule has 0 aliphatic rings. The summed E-state index contributed by atoms with van der Waals surface area (Å²) < 4.78 is 0. The average molecular weight is 219 g/mol. The predicted octanol–water partition coefficient (Wildman–Crippen LogP) is 1.36. The van der Waals surface area contributed by atoms with Gasteiger partial charge in [0.2, 0.25) is 11.4 Å². The van der Waals surface area contributed by atoms with E-state index in [0.717, 1.165) is 6.07 Å². The molecule has 0 aliphatic heterocycles. The lowest BCUT2D eigenvalue weighted by atomic mass is 10.3. The number of hydrogen-bond acceptors (Lipinski definition) is 5. The van der Waals surface area contributed by atoms with Crippen molar-refractivity contribution in [1.29, 1.82) is 0 Å². The van der Waals surface area contributed by atoms with E-state index in [0.29, 0.717) is 0 Å². The molecule has 0 aromatic carbocycles. The minimum absolute atomic E-state index is 0.0488. The zero-order valence-electron chi connectivity index (χ0n) is 7.86. The lowest BCUT2D eigenvalue weighted by Crippen LogP contribution is -1.94. The fourth-order valence-electron chi connectivity index (χ4n) is 0.842. The van der Waals surface area contributed by atoms with Crippen LogP contribution in [-0.4, -0.2) is 21.6 Å². The van der Waals surface area contributed by atoms with Crippen molar-refractivity contribution in [3.63, 3.8) is 0 Å². The number of hydrogen-bond donors (Lipinski definition) is 1. The standard InChI is InChI=1S/C8H5N5O3/c9-12-10-5-1-2-6-3-4-7(14)8(11-6)13(15)16/h3-4,14H,5H2. The van der Waals surface area contributed by atoms with E-state index in [4.69, 9.17) is 10.6 Å². The van der Waals surface area contributed by atoms with Crippen LogP contribution in [0.15, 0.2) is 17.2 Å². The summed E-state index contributed by atoms with van der Waals surface area (Å²) in [6.07, 6.45) is 0. The molecule has 0 saturated heterocycles. The van der Waals surface area contributed by atoms with Crippen molar-refractivity contribution < 1.29 is 10.0 Å². The number of rotatable bonds is 2. The van der Waals surface area contributed by atoms with E-state index in [1.165, 1.54) is 6.07 Å². The first-order valence-electron chi connectivity index (χ1n) is 3.99. The van der Waals surface area contributed by atoms with Crippen LogP contribution in [0.2, 0.25) is 0 Å². The number of aromatic nitrogens is 1. The van der Waals surface area contributed by atoms with Crippen molar-refractivity contribution in [1.82, 2.24) is 4.98 Å². The molecule has 8 nitrogen and oxygen atoms in total. The molecule has 0 bridgehead atoms. The van der Waals surface area contributed by atoms with Gasteiger partial charge in [0.15, 0.2) is 0 Å². The van der Waals surface area contributed by atoms with Crippen LogP contribution in [0, 0.1) is 22.0 Å². The third-order valence-corrected chi connectivity index (χ3v) is 1.46. The van der Waals surface area contributed by atoms with E-state index in [1.54, 1.807) is 0 Å². The summed E-state index contributed by atoms with van der Waals surface area (Å²) >= 11 is 0. The molecule has 0 atom stereocenters. The third kappa shape index (κ3) is 2.87. The second-order valence-electron chi connectivity index (χ2n) is 2.49. The summed E-state index contributed by atoms with van der Waals surface area (Å²) in [4.78, 5) is 15.6. The first-order chi connectivity index (χ1) is 7.65. The molecule has 0 aliphatic carbocycles. The normalized spacial score (nSPS) is 8.50. The zero-order chi connectivity index (χ0) is 12.0. The van der Waals surface area contributed by atoms with E-state index < -0.39 is 16.5 Å². The molecule has 0 saturated carbocycles. The molecule has 0 spiro atoms. The Kier molecular flexibility index (Phi) is 3.66. The Balaban J connectivity index is 2.97. The molecule has 16 heavy (non-hydrogen) atoms. The van der Waals surface area contributed by atoms with Crippen LogP contribution in [0.1, 0.15) is 5.69 Å². The quantitative estimate of drug-likeness (QED) is 0.201. The van der Waals surface area contributed by atoms with Crippen molar-refractivity contribution in [3.05, 3.63) is 38.4 Å². The van der Waals surface area contributed by atoms with Gasteiger partial charge in [0.1, 0.15) is 0 Å². The van der Waals surface area contributed by atoms with Gasteiger partial charge in [0.25, 0.3) is 0 Å². The Hall–Kier alpha value is -2.78. The largest absolute Gasteiger partial charge is 0.501 e. The smallest absolute Gasteiger partial charge is 0.407 e. The van der Waals surface area contributed by atoms with Crippen molar-refractivity contribution in [3.8, 4) is 17.6 Å².